The number of carbonyl (C=O) groups is 1. The van der Waals surface area contributed by atoms with Gasteiger partial charge in [-0.2, -0.15) is 0 Å². The summed E-state index contributed by atoms with van der Waals surface area (Å²) in [4.78, 5) is 11.6. The van der Waals surface area contributed by atoms with Crippen LogP contribution in [0.5, 0.6) is 5.75 Å². The Morgan fingerprint density at radius 1 is 1.47 bits per heavy atom. The predicted octanol–water partition coefficient (Wildman–Crippen LogP) is 2.49. The summed E-state index contributed by atoms with van der Waals surface area (Å²) in [5, 5.41) is 3.75. The number of halogens is 1. The first-order chi connectivity index (χ1) is 8.19. The number of nitrogens with one attached hydrogen (secondary N) is 1. The van der Waals surface area contributed by atoms with E-state index >= 15 is 0 Å². The predicted molar refractivity (Wildman–Crippen MR) is 66.2 cm³/mol. The maximum atomic E-state index is 11.6. The lowest BCUT2D eigenvalue weighted by atomic mass is 9.99. The minimum absolute atomic E-state index is 0.377. The molecule has 0 amide bonds. The van der Waals surface area contributed by atoms with Crippen LogP contribution < -0.4 is 10.1 Å². The van der Waals surface area contributed by atoms with Crippen molar-refractivity contribution >= 4 is 23.3 Å². The van der Waals surface area contributed by atoms with Crippen molar-refractivity contribution in [1.29, 1.82) is 0 Å². The van der Waals surface area contributed by atoms with Crippen LogP contribution >= 0.6 is 11.6 Å². The summed E-state index contributed by atoms with van der Waals surface area (Å²) in [7, 11) is 2.89. The number of methoxy groups -OCH3 is 2. The molecule has 92 valence electrons. The number of benzene rings is 1. The maximum absolute atomic E-state index is 11.6. The second-order valence-corrected chi connectivity index (χ2v) is 4.22. The summed E-state index contributed by atoms with van der Waals surface area (Å²) in [6.07, 6.45) is 1.83. The fraction of sp³-hybridized carbons (Fsp3) is 0.417. The molecule has 1 N–H and O–H groups in total. The van der Waals surface area contributed by atoms with Crippen LogP contribution in [-0.4, -0.2) is 26.7 Å². The second-order valence-electron chi connectivity index (χ2n) is 3.81. The number of carbonyl (C=O) groups excluding carboxylic acids is 1. The number of hydrogen-bond donors (Lipinski definition) is 1. The molecule has 0 atom stereocenters. The number of anilines is 1. The molecule has 0 aromatic heterocycles. The standard InChI is InChI=1S/C12H14ClNO3/c1-16-11-7-4-3-5-14-10(7)9(13)6-8(11)12(15)17-2/h6,14H,3-5H2,1-2H3. The highest BCUT2D eigenvalue weighted by Gasteiger charge is 2.24. The summed E-state index contributed by atoms with van der Waals surface area (Å²) in [6.45, 7) is 0.882. The quantitative estimate of drug-likeness (QED) is 0.825. The van der Waals surface area contributed by atoms with Gasteiger partial charge in [0.25, 0.3) is 0 Å². The van der Waals surface area contributed by atoms with E-state index in [1.54, 1.807) is 13.2 Å². The van der Waals surface area contributed by atoms with Crippen LogP contribution in [0.25, 0.3) is 0 Å². The van der Waals surface area contributed by atoms with E-state index < -0.39 is 5.97 Å². The van der Waals surface area contributed by atoms with E-state index in [-0.39, 0.29) is 0 Å². The molecule has 5 heteroatoms. The van der Waals surface area contributed by atoms with E-state index in [1.165, 1.54) is 7.11 Å². The van der Waals surface area contributed by atoms with E-state index in [1.807, 2.05) is 0 Å². The van der Waals surface area contributed by atoms with Crippen molar-refractivity contribution in [2.75, 3.05) is 26.1 Å². The Balaban J connectivity index is 2.61. The van der Waals surface area contributed by atoms with Crippen molar-refractivity contribution in [1.82, 2.24) is 0 Å². The molecule has 2 rings (SSSR count). The Kier molecular flexibility index (Phi) is 3.43. The fourth-order valence-electron chi connectivity index (χ4n) is 2.09. The molecule has 1 aromatic carbocycles. The van der Waals surface area contributed by atoms with Crippen LogP contribution in [0.2, 0.25) is 5.02 Å². The topological polar surface area (TPSA) is 47.6 Å². The van der Waals surface area contributed by atoms with E-state index in [0.717, 1.165) is 30.6 Å². The molecule has 0 saturated carbocycles. The zero-order chi connectivity index (χ0) is 12.4. The van der Waals surface area contributed by atoms with E-state index in [2.05, 4.69) is 5.32 Å². The highest BCUT2D eigenvalue weighted by Crippen LogP contribution is 2.39. The Morgan fingerprint density at radius 3 is 2.88 bits per heavy atom. The molecule has 0 aliphatic carbocycles. The van der Waals surface area contributed by atoms with Gasteiger partial charge in [-0.15, -0.1) is 0 Å². The smallest absolute Gasteiger partial charge is 0.341 e. The minimum Gasteiger partial charge on any atom is -0.495 e. The van der Waals surface area contributed by atoms with Gasteiger partial charge in [0, 0.05) is 12.1 Å². The van der Waals surface area contributed by atoms with Gasteiger partial charge in [0.1, 0.15) is 11.3 Å². The lowest BCUT2D eigenvalue weighted by Crippen LogP contribution is -2.16. The lowest BCUT2D eigenvalue weighted by Gasteiger charge is -2.23. The average Bonchev–Trinajstić information content (AvgIpc) is 2.38. The third kappa shape index (κ3) is 2.05. The average molecular weight is 256 g/mol. The van der Waals surface area contributed by atoms with Crippen LogP contribution in [0, 0.1) is 0 Å². The molecule has 0 saturated heterocycles. The molecule has 0 spiro atoms. The van der Waals surface area contributed by atoms with Gasteiger partial charge in [0.15, 0.2) is 0 Å². The van der Waals surface area contributed by atoms with Gasteiger partial charge < -0.3 is 14.8 Å². The van der Waals surface area contributed by atoms with Crippen molar-refractivity contribution in [3.63, 3.8) is 0 Å². The Hall–Kier alpha value is -1.42. The van der Waals surface area contributed by atoms with Crippen molar-refractivity contribution in [2.45, 2.75) is 12.8 Å². The van der Waals surface area contributed by atoms with Gasteiger partial charge >= 0.3 is 5.97 Å². The van der Waals surface area contributed by atoms with E-state index in [4.69, 9.17) is 21.1 Å². The molecule has 1 aliphatic rings. The number of rotatable bonds is 2. The molecule has 1 heterocycles. The Labute approximate surface area is 105 Å². The van der Waals surface area contributed by atoms with Crippen LogP contribution in [0.1, 0.15) is 22.3 Å². The van der Waals surface area contributed by atoms with Crippen molar-refractivity contribution in [3.05, 3.63) is 22.2 Å². The van der Waals surface area contributed by atoms with Crippen molar-refractivity contribution in [2.24, 2.45) is 0 Å². The van der Waals surface area contributed by atoms with Crippen molar-refractivity contribution in [3.8, 4) is 5.75 Å². The number of esters is 1. The first kappa shape index (κ1) is 12.0. The van der Waals surface area contributed by atoms with Gasteiger partial charge in [0.2, 0.25) is 0 Å². The highest BCUT2D eigenvalue weighted by molar-refractivity contribution is 6.34. The summed E-state index contributed by atoms with van der Waals surface area (Å²) < 4.78 is 10.0. The lowest BCUT2D eigenvalue weighted by molar-refractivity contribution is 0.0597. The summed E-state index contributed by atoms with van der Waals surface area (Å²) >= 11 is 6.15. The van der Waals surface area contributed by atoms with Gasteiger partial charge in [0.05, 0.1) is 24.9 Å². The van der Waals surface area contributed by atoms with E-state index in [0.29, 0.717) is 16.3 Å². The third-order valence-electron chi connectivity index (χ3n) is 2.85. The minimum atomic E-state index is -0.433. The molecular weight excluding hydrogens is 242 g/mol. The Bertz CT molecular complexity index is 460. The molecule has 1 aliphatic heterocycles. The number of ether oxygens (including phenoxy) is 2. The summed E-state index contributed by atoms with van der Waals surface area (Å²) in [5.41, 5.74) is 2.19. The largest absolute Gasteiger partial charge is 0.495 e. The zero-order valence-corrected chi connectivity index (χ0v) is 10.6. The molecule has 0 radical (unpaired) electrons. The molecule has 17 heavy (non-hydrogen) atoms. The van der Waals surface area contributed by atoms with Gasteiger partial charge in [-0.3, -0.25) is 0 Å². The highest BCUT2D eigenvalue weighted by atomic mass is 35.5. The first-order valence-electron chi connectivity index (χ1n) is 5.40. The van der Waals surface area contributed by atoms with Gasteiger partial charge in [-0.25, -0.2) is 4.79 Å². The summed E-state index contributed by atoms with van der Waals surface area (Å²) in [5.74, 6) is 0.126. The second kappa shape index (κ2) is 4.84. The van der Waals surface area contributed by atoms with Crippen LogP contribution in [-0.2, 0) is 11.2 Å². The van der Waals surface area contributed by atoms with Gasteiger partial charge in [-0.05, 0) is 18.9 Å². The SMILES string of the molecule is COC(=O)c1cc(Cl)c2c(c1OC)CCCN2. The fourth-order valence-corrected chi connectivity index (χ4v) is 2.38. The first-order valence-corrected chi connectivity index (χ1v) is 5.78. The number of fused-ring (bicyclic) bond motifs is 1. The normalized spacial score (nSPS) is 13.6. The monoisotopic (exact) mass is 255 g/mol. The van der Waals surface area contributed by atoms with Crippen LogP contribution in [0.15, 0.2) is 6.07 Å². The van der Waals surface area contributed by atoms with Crippen LogP contribution in [0.4, 0.5) is 5.69 Å². The molecule has 1 aromatic rings. The van der Waals surface area contributed by atoms with Crippen molar-refractivity contribution < 1.29 is 14.3 Å². The molecule has 0 fully saturated rings. The molecule has 4 nitrogen and oxygen atoms in total. The zero-order valence-electron chi connectivity index (χ0n) is 9.80. The number of hydrogen-bond acceptors (Lipinski definition) is 4. The van der Waals surface area contributed by atoms with Gasteiger partial charge in [-0.1, -0.05) is 11.6 Å². The molecular formula is C12H14ClNO3. The van der Waals surface area contributed by atoms with Crippen LogP contribution in [0.3, 0.4) is 0 Å². The Morgan fingerprint density at radius 2 is 2.24 bits per heavy atom. The third-order valence-corrected chi connectivity index (χ3v) is 3.14. The molecule has 0 unspecified atom stereocenters. The van der Waals surface area contributed by atoms with E-state index in [9.17, 15) is 4.79 Å². The maximum Gasteiger partial charge on any atom is 0.341 e. The summed E-state index contributed by atoms with van der Waals surface area (Å²) in [6, 6.07) is 1.59. The molecule has 0 bridgehead atoms.